The van der Waals surface area contributed by atoms with Gasteiger partial charge in [0.1, 0.15) is 17.1 Å². The van der Waals surface area contributed by atoms with Gasteiger partial charge in [-0.2, -0.15) is 0 Å². The third-order valence-corrected chi connectivity index (χ3v) is 18.5. The highest BCUT2D eigenvalue weighted by molar-refractivity contribution is 6.19. The van der Waals surface area contributed by atoms with Gasteiger partial charge in [-0.1, -0.05) is 179 Å². The highest BCUT2D eigenvalue weighted by Gasteiger charge is 2.45. The molecule has 0 saturated heterocycles. The Bertz CT molecular complexity index is 4650. The van der Waals surface area contributed by atoms with E-state index in [-0.39, 0.29) is 16.7 Å². The Hall–Kier alpha value is -9.98. The largest absolute Gasteiger partial charge is 0.453 e. The van der Waals surface area contributed by atoms with E-state index in [2.05, 4.69) is 250 Å². The van der Waals surface area contributed by atoms with Crippen LogP contribution >= 0.6 is 0 Å². The van der Waals surface area contributed by atoms with Gasteiger partial charge < -0.3 is 14.2 Å². The highest BCUT2D eigenvalue weighted by Crippen LogP contribution is 2.69. The number of hydrogen-bond donors (Lipinski definition) is 0. The number of aliphatic imine (C=N–C) groups is 2. The number of allylic oxidation sites excluding steroid dienone is 4. The Labute approximate surface area is 468 Å². The standard InChI is InChI=1S/C74H50N4O3/c1-73(2)53-26-12-8-21-49(53)66-46(24-16-28-55(66)73)44-37-62-70-64(39-44)81-65-40-45(47-25-17-29-56-67(47)50-22-9-13-27-54(50)74(56,3)4)38-63-71(65)78(70)69-60(79-62)35-43(36-61(69)80-63)42-32-33-59-52(34-42)48-20-11-15-31-58(48)77(59)72-75-57-30-14-10-23-51(57)68(76-72)41-18-6-5-7-19-41/h5-22,24-40,51H,23H2,1-4H3. The average molecular weight is 1040 g/mol. The smallest absolute Gasteiger partial charge is 0.235 e. The predicted octanol–water partition coefficient (Wildman–Crippen LogP) is 19.4. The second kappa shape index (κ2) is 15.9. The van der Waals surface area contributed by atoms with Gasteiger partial charge >= 0.3 is 0 Å². The van der Waals surface area contributed by atoms with E-state index in [0.29, 0.717) is 17.5 Å². The van der Waals surface area contributed by atoms with Gasteiger partial charge in [0, 0.05) is 27.5 Å². The summed E-state index contributed by atoms with van der Waals surface area (Å²) in [6, 6.07) is 70.3. The van der Waals surface area contributed by atoms with Crippen molar-refractivity contribution < 1.29 is 14.2 Å². The van der Waals surface area contributed by atoms with Crippen LogP contribution < -0.4 is 19.1 Å². The van der Waals surface area contributed by atoms with E-state index in [1.54, 1.807) is 0 Å². The first-order valence-electron chi connectivity index (χ1n) is 28.1. The molecule has 0 amide bonds. The SMILES string of the molecule is CC1(C)c2ccccc2-c2c(-c3cc4c5c(c3)Oc3cc(-c6cccc7c6-c6ccccc6C7(C)C)cc6c3N5c3c(cc(-c5ccc7c(c5)c5ccccc5n7C5=NC7=CC=CCC7C(c7ccccc7)=N5)cc3O6)O4)cccc21. The number of para-hydroxylation sites is 1. The first-order chi connectivity index (χ1) is 39.7. The summed E-state index contributed by atoms with van der Waals surface area (Å²) in [5, 5.41) is 2.22. The van der Waals surface area contributed by atoms with E-state index >= 15 is 0 Å². The third-order valence-electron chi connectivity index (χ3n) is 18.5. The molecule has 0 N–H and O–H groups in total. The molecule has 81 heavy (non-hydrogen) atoms. The molecule has 18 rings (SSSR count). The summed E-state index contributed by atoms with van der Waals surface area (Å²) in [6.45, 7) is 9.34. The number of fused-ring (bicyclic) bond motifs is 10. The van der Waals surface area contributed by atoms with E-state index in [9.17, 15) is 0 Å². The summed E-state index contributed by atoms with van der Waals surface area (Å²) in [6.07, 6.45) is 7.34. The van der Waals surface area contributed by atoms with Gasteiger partial charge in [0.15, 0.2) is 34.5 Å². The van der Waals surface area contributed by atoms with Crippen molar-refractivity contribution in [2.45, 2.75) is 44.9 Å². The Morgan fingerprint density at radius 1 is 0.420 bits per heavy atom. The lowest BCUT2D eigenvalue weighted by molar-refractivity contribution is 0.418. The molecule has 384 valence electrons. The van der Waals surface area contributed by atoms with Crippen LogP contribution in [0.3, 0.4) is 0 Å². The number of nitrogens with zero attached hydrogens (tertiary/aromatic N) is 4. The molecule has 1 atom stereocenters. The topological polar surface area (TPSA) is 60.6 Å². The summed E-state index contributed by atoms with van der Waals surface area (Å²) < 4.78 is 24.1. The van der Waals surface area contributed by atoms with Crippen LogP contribution in [0.25, 0.3) is 77.4 Å². The van der Waals surface area contributed by atoms with Crippen LogP contribution in [0, 0.1) is 5.92 Å². The molecule has 10 aromatic carbocycles. The fourth-order valence-electron chi connectivity index (χ4n) is 14.7. The van der Waals surface area contributed by atoms with E-state index < -0.39 is 0 Å². The lowest BCUT2D eigenvalue weighted by Crippen LogP contribution is -2.27. The van der Waals surface area contributed by atoms with Crippen molar-refractivity contribution in [1.82, 2.24) is 4.57 Å². The molecule has 1 unspecified atom stereocenters. The lowest BCUT2D eigenvalue weighted by atomic mass is 9.82. The number of rotatable bonds is 4. The molecule has 7 nitrogen and oxygen atoms in total. The van der Waals surface area contributed by atoms with E-state index in [1.807, 2.05) is 0 Å². The van der Waals surface area contributed by atoms with Crippen LogP contribution in [0.4, 0.5) is 17.1 Å². The van der Waals surface area contributed by atoms with Crippen molar-refractivity contribution in [2.75, 3.05) is 4.90 Å². The van der Waals surface area contributed by atoms with Gasteiger partial charge in [0.2, 0.25) is 5.96 Å². The summed E-state index contributed by atoms with van der Waals surface area (Å²) >= 11 is 0. The molecular formula is C74H50N4O3. The Morgan fingerprint density at radius 2 is 0.914 bits per heavy atom. The quantitative estimate of drug-likeness (QED) is 0.176. The van der Waals surface area contributed by atoms with Crippen molar-refractivity contribution in [1.29, 1.82) is 0 Å². The van der Waals surface area contributed by atoms with Crippen LogP contribution in [-0.2, 0) is 10.8 Å². The number of benzene rings is 10. The molecule has 1 aromatic heterocycles. The number of anilines is 3. The monoisotopic (exact) mass is 1040 g/mol. The van der Waals surface area contributed by atoms with Crippen molar-refractivity contribution >= 4 is 50.5 Å². The minimum Gasteiger partial charge on any atom is -0.453 e. The summed E-state index contributed by atoms with van der Waals surface area (Å²) in [4.78, 5) is 13.1. The predicted molar refractivity (Wildman–Crippen MR) is 327 cm³/mol. The molecule has 0 fully saturated rings. The van der Waals surface area contributed by atoms with Crippen LogP contribution in [0.15, 0.2) is 228 Å². The van der Waals surface area contributed by atoms with Gasteiger partial charge in [-0.15, -0.1) is 0 Å². The second-order valence-electron chi connectivity index (χ2n) is 23.6. The Kier molecular flexibility index (Phi) is 8.80. The van der Waals surface area contributed by atoms with Gasteiger partial charge in [-0.25, -0.2) is 9.98 Å². The van der Waals surface area contributed by atoms with Gasteiger partial charge in [0.05, 0.1) is 22.4 Å². The Morgan fingerprint density at radius 3 is 1.51 bits per heavy atom. The van der Waals surface area contributed by atoms with Crippen molar-refractivity contribution in [3.8, 4) is 90.1 Å². The van der Waals surface area contributed by atoms with Crippen LogP contribution in [-0.4, -0.2) is 16.2 Å². The van der Waals surface area contributed by atoms with Gasteiger partial charge in [0.25, 0.3) is 0 Å². The maximum atomic E-state index is 7.28. The molecule has 4 aliphatic heterocycles. The first-order valence-corrected chi connectivity index (χ1v) is 28.1. The molecule has 0 spiro atoms. The first kappa shape index (κ1) is 44.9. The van der Waals surface area contributed by atoms with E-state index in [4.69, 9.17) is 24.2 Å². The van der Waals surface area contributed by atoms with Crippen LogP contribution in [0.1, 0.15) is 61.9 Å². The molecule has 11 aromatic rings. The van der Waals surface area contributed by atoms with Crippen molar-refractivity contribution in [3.05, 3.63) is 246 Å². The number of ether oxygens (including phenoxy) is 3. The molecule has 7 aliphatic rings. The summed E-state index contributed by atoms with van der Waals surface area (Å²) in [5.41, 5.74) is 24.1. The lowest BCUT2D eigenvalue weighted by Gasteiger charge is -2.42. The molecule has 0 saturated carbocycles. The molecular weight excluding hydrogens is 993 g/mol. The summed E-state index contributed by atoms with van der Waals surface area (Å²) in [5.74, 6) is 5.06. The molecule has 5 heterocycles. The van der Waals surface area contributed by atoms with Crippen LogP contribution in [0.2, 0.25) is 0 Å². The van der Waals surface area contributed by atoms with E-state index in [1.165, 1.54) is 44.5 Å². The molecule has 7 heteroatoms. The zero-order valence-electron chi connectivity index (χ0n) is 45.0. The molecule has 3 aliphatic carbocycles. The van der Waals surface area contributed by atoms with E-state index in [0.717, 1.165) is 119 Å². The minimum absolute atomic E-state index is 0.0935. The van der Waals surface area contributed by atoms with Crippen molar-refractivity contribution in [3.63, 3.8) is 0 Å². The molecule has 0 radical (unpaired) electrons. The van der Waals surface area contributed by atoms with Gasteiger partial charge in [-0.05, 0) is 151 Å². The summed E-state index contributed by atoms with van der Waals surface area (Å²) in [7, 11) is 0. The highest BCUT2D eigenvalue weighted by atomic mass is 16.5. The normalized spacial score (nSPS) is 17.1. The third kappa shape index (κ3) is 6.07. The van der Waals surface area contributed by atoms with Gasteiger partial charge in [-0.3, -0.25) is 9.47 Å². The fourth-order valence-corrected chi connectivity index (χ4v) is 14.7. The van der Waals surface area contributed by atoms with Crippen LogP contribution in [0.5, 0.6) is 34.5 Å². The molecule has 0 bridgehead atoms. The minimum atomic E-state index is -0.161. The maximum Gasteiger partial charge on any atom is 0.235 e. The fraction of sp³-hybridized carbons (Fsp3) is 0.108. The average Bonchev–Trinajstić information content (AvgIpc) is 4.22. The Balaban J connectivity index is 0.832. The van der Waals surface area contributed by atoms with Crippen molar-refractivity contribution in [2.24, 2.45) is 15.9 Å². The maximum absolute atomic E-state index is 7.28. The second-order valence-corrected chi connectivity index (χ2v) is 23.6. The number of aromatic nitrogens is 1. The number of hydrogen-bond acceptors (Lipinski definition) is 6. The zero-order valence-corrected chi connectivity index (χ0v) is 45.0. The zero-order chi connectivity index (χ0) is 53.6.